The number of aryl methyl sites for hydroxylation is 1. The summed E-state index contributed by atoms with van der Waals surface area (Å²) in [5.41, 5.74) is 13.0. The fourth-order valence-electron chi connectivity index (χ4n) is 1.54. The molecule has 0 unspecified atom stereocenters. The summed E-state index contributed by atoms with van der Waals surface area (Å²) < 4.78 is 0. The smallest absolute Gasteiger partial charge is 0.332 e. The summed E-state index contributed by atoms with van der Waals surface area (Å²) in [6.45, 7) is 8.27. The highest BCUT2D eigenvalue weighted by atomic mass is 16.2. The third-order valence-corrected chi connectivity index (χ3v) is 2.90. The van der Waals surface area contributed by atoms with Gasteiger partial charge in [-0.05, 0) is 61.6 Å². The number of hydrazone groups is 1. The van der Waals surface area contributed by atoms with Crippen molar-refractivity contribution in [2.24, 2.45) is 10.8 Å². The van der Waals surface area contributed by atoms with Crippen LogP contribution in [0, 0.1) is 27.7 Å². The second kappa shape index (κ2) is 4.79. The van der Waals surface area contributed by atoms with Crippen molar-refractivity contribution in [3.63, 3.8) is 0 Å². The van der Waals surface area contributed by atoms with Gasteiger partial charge in [0.05, 0.1) is 6.21 Å². The molecule has 2 amide bonds. The molecule has 0 aromatic heterocycles. The number of urea groups is 1. The average Bonchev–Trinajstić information content (AvgIpc) is 2.22. The van der Waals surface area contributed by atoms with Crippen LogP contribution in [-0.4, -0.2) is 12.2 Å². The van der Waals surface area contributed by atoms with Crippen LogP contribution in [0.25, 0.3) is 0 Å². The predicted molar refractivity (Wildman–Crippen MR) is 65.7 cm³/mol. The molecule has 4 nitrogen and oxygen atoms in total. The van der Waals surface area contributed by atoms with E-state index in [0.29, 0.717) is 0 Å². The molecule has 0 aliphatic rings. The van der Waals surface area contributed by atoms with E-state index in [1.165, 1.54) is 16.7 Å². The van der Waals surface area contributed by atoms with E-state index in [2.05, 4.69) is 31.3 Å². The zero-order valence-corrected chi connectivity index (χ0v) is 10.1. The van der Waals surface area contributed by atoms with Crippen molar-refractivity contribution < 1.29 is 4.79 Å². The summed E-state index contributed by atoms with van der Waals surface area (Å²) in [7, 11) is 0. The summed E-state index contributed by atoms with van der Waals surface area (Å²) in [4.78, 5) is 10.5. The van der Waals surface area contributed by atoms with Gasteiger partial charge in [0.25, 0.3) is 0 Å². The largest absolute Gasteiger partial charge is 0.350 e. The molecule has 3 N–H and O–H groups in total. The Morgan fingerprint density at radius 1 is 1.25 bits per heavy atom. The molecule has 0 saturated carbocycles. The molecule has 86 valence electrons. The van der Waals surface area contributed by atoms with Gasteiger partial charge in [-0.1, -0.05) is 0 Å². The Morgan fingerprint density at radius 3 is 2.44 bits per heavy atom. The Kier molecular flexibility index (Phi) is 3.66. The summed E-state index contributed by atoms with van der Waals surface area (Å²) in [6, 6.07) is 1.39. The first kappa shape index (κ1) is 12.2. The van der Waals surface area contributed by atoms with Crippen molar-refractivity contribution in [2.45, 2.75) is 27.7 Å². The fraction of sp³-hybridized carbons (Fsp3) is 0.333. The van der Waals surface area contributed by atoms with Gasteiger partial charge in [-0.2, -0.15) is 5.10 Å². The van der Waals surface area contributed by atoms with Crippen LogP contribution >= 0.6 is 0 Å². The van der Waals surface area contributed by atoms with Crippen molar-refractivity contribution in [3.05, 3.63) is 33.9 Å². The van der Waals surface area contributed by atoms with Crippen LogP contribution in [0.2, 0.25) is 0 Å². The Bertz CT molecular complexity index is 450. The molecule has 0 atom stereocenters. The number of carbonyl (C=O) groups is 1. The molecule has 1 aromatic rings. The number of hydrogen-bond donors (Lipinski definition) is 2. The minimum atomic E-state index is -0.658. The maximum atomic E-state index is 10.5. The Labute approximate surface area is 95.5 Å². The lowest BCUT2D eigenvalue weighted by atomic mass is 9.95. The number of nitrogens with two attached hydrogens (primary N) is 1. The number of hydrogen-bond acceptors (Lipinski definition) is 2. The van der Waals surface area contributed by atoms with Crippen LogP contribution < -0.4 is 11.2 Å². The Hall–Kier alpha value is -1.84. The molecular formula is C12H17N3O. The van der Waals surface area contributed by atoms with Gasteiger partial charge in [0.1, 0.15) is 0 Å². The standard InChI is InChI=1S/C12H17N3O/c1-7-5-11(6-14-15-12(13)16)10(4)9(3)8(7)2/h5-6H,1-4H3,(H3,13,15,16). The monoisotopic (exact) mass is 219 g/mol. The number of carbonyl (C=O) groups excluding carboxylic acids is 1. The normalized spacial score (nSPS) is 10.8. The average molecular weight is 219 g/mol. The third-order valence-electron chi connectivity index (χ3n) is 2.90. The lowest BCUT2D eigenvalue weighted by Crippen LogP contribution is -2.24. The van der Waals surface area contributed by atoms with Gasteiger partial charge >= 0.3 is 6.03 Å². The minimum Gasteiger partial charge on any atom is -0.350 e. The van der Waals surface area contributed by atoms with Gasteiger partial charge in [-0.15, -0.1) is 0 Å². The van der Waals surface area contributed by atoms with E-state index in [1.54, 1.807) is 6.21 Å². The summed E-state index contributed by atoms with van der Waals surface area (Å²) in [5, 5.41) is 3.76. The van der Waals surface area contributed by atoms with Gasteiger partial charge in [0.15, 0.2) is 0 Å². The minimum absolute atomic E-state index is 0.658. The summed E-state index contributed by atoms with van der Waals surface area (Å²) >= 11 is 0. The fourth-order valence-corrected chi connectivity index (χ4v) is 1.54. The molecule has 0 fully saturated rings. The molecule has 0 radical (unpaired) electrons. The quantitative estimate of drug-likeness (QED) is 0.579. The van der Waals surface area contributed by atoms with E-state index in [4.69, 9.17) is 5.73 Å². The number of nitrogens with zero attached hydrogens (tertiary/aromatic N) is 1. The van der Waals surface area contributed by atoms with E-state index in [9.17, 15) is 4.79 Å². The topological polar surface area (TPSA) is 67.5 Å². The highest BCUT2D eigenvalue weighted by molar-refractivity contribution is 5.84. The van der Waals surface area contributed by atoms with E-state index in [0.717, 1.165) is 11.1 Å². The molecule has 1 aromatic carbocycles. The highest BCUT2D eigenvalue weighted by Crippen LogP contribution is 2.19. The molecular weight excluding hydrogens is 202 g/mol. The molecule has 0 bridgehead atoms. The van der Waals surface area contributed by atoms with Gasteiger partial charge < -0.3 is 5.73 Å². The van der Waals surface area contributed by atoms with Crippen molar-refractivity contribution in [1.82, 2.24) is 5.43 Å². The van der Waals surface area contributed by atoms with Crippen molar-refractivity contribution in [1.29, 1.82) is 0 Å². The van der Waals surface area contributed by atoms with Crippen molar-refractivity contribution >= 4 is 12.2 Å². The van der Waals surface area contributed by atoms with E-state index >= 15 is 0 Å². The maximum Gasteiger partial charge on any atom is 0.332 e. The Balaban J connectivity index is 3.06. The van der Waals surface area contributed by atoms with E-state index in [1.807, 2.05) is 13.0 Å². The van der Waals surface area contributed by atoms with E-state index < -0.39 is 6.03 Å². The lowest BCUT2D eigenvalue weighted by molar-refractivity contribution is 0.249. The number of primary amides is 1. The van der Waals surface area contributed by atoms with Crippen molar-refractivity contribution in [3.8, 4) is 0 Å². The molecule has 0 saturated heterocycles. The van der Waals surface area contributed by atoms with Gasteiger partial charge in [0, 0.05) is 0 Å². The first-order valence-electron chi connectivity index (χ1n) is 5.09. The van der Waals surface area contributed by atoms with Crippen molar-refractivity contribution in [2.75, 3.05) is 0 Å². The Morgan fingerprint density at radius 2 is 1.88 bits per heavy atom. The predicted octanol–water partition coefficient (Wildman–Crippen LogP) is 1.92. The number of amides is 2. The molecule has 1 rings (SSSR count). The zero-order valence-electron chi connectivity index (χ0n) is 10.1. The molecule has 0 heterocycles. The van der Waals surface area contributed by atoms with Crippen LogP contribution in [0.5, 0.6) is 0 Å². The molecule has 4 heteroatoms. The SMILES string of the molecule is Cc1cc(C=NNC(N)=O)c(C)c(C)c1C. The summed E-state index contributed by atoms with van der Waals surface area (Å²) in [5.74, 6) is 0. The van der Waals surface area contributed by atoms with Crippen LogP contribution in [0.1, 0.15) is 27.8 Å². The van der Waals surface area contributed by atoms with Gasteiger partial charge in [0.2, 0.25) is 0 Å². The number of rotatable bonds is 2. The summed E-state index contributed by atoms with van der Waals surface area (Å²) in [6.07, 6.45) is 1.61. The third kappa shape index (κ3) is 2.59. The first-order chi connectivity index (χ1) is 7.43. The second-order valence-corrected chi connectivity index (χ2v) is 3.89. The molecule has 0 aliphatic carbocycles. The maximum absolute atomic E-state index is 10.5. The lowest BCUT2D eigenvalue weighted by Gasteiger charge is -2.11. The molecule has 0 spiro atoms. The molecule has 0 aliphatic heterocycles. The van der Waals surface area contributed by atoms with Crippen LogP contribution in [-0.2, 0) is 0 Å². The number of benzene rings is 1. The van der Waals surface area contributed by atoms with Gasteiger partial charge in [-0.25, -0.2) is 10.2 Å². The van der Waals surface area contributed by atoms with Crippen LogP contribution in [0.3, 0.4) is 0 Å². The van der Waals surface area contributed by atoms with Crippen LogP contribution in [0.4, 0.5) is 4.79 Å². The van der Waals surface area contributed by atoms with E-state index in [-0.39, 0.29) is 0 Å². The van der Waals surface area contributed by atoms with Crippen LogP contribution in [0.15, 0.2) is 11.2 Å². The molecule has 16 heavy (non-hydrogen) atoms. The van der Waals surface area contributed by atoms with Gasteiger partial charge in [-0.3, -0.25) is 0 Å². The first-order valence-corrected chi connectivity index (χ1v) is 5.09. The highest BCUT2D eigenvalue weighted by Gasteiger charge is 2.05. The number of nitrogens with one attached hydrogen (secondary N) is 1. The zero-order chi connectivity index (χ0) is 12.3. The second-order valence-electron chi connectivity index (χ2n) is 3.89.